The first-order valence-electron chi connectivity index (χ1n) is 8.00. The van der Waals surface area contributed by atoms with Crippen LogP contribution in [0.5, 0.6) is 11.5 Å². The molecular weight excluding hydrogens is 266 g/mol. The Labute approximate surface area is 126 Å². The van der Waals surface area contributed by atoms with E-state index in [2.05, 4.69) is 31.3 Å². The van der Waals surface area contributed by atoms with Gasteiger partial charge in [-0.25, -0.2) is 0 Å². The maximum atomic E-state index is 6.03. The van der Waals surface area contributed by atoms with E-state index in [1.807, 2.05) is 6.07 Å². The third-order valence-electron chi connectivity index (χ3n) is 4.81. The molecule has 0 aliphatic carbocycles. The van der Waals surface area contributed by atoms with Crippen LogP contribution in [0.25, 0.3) is 0 Å². The summed E-state index contributed by atoms with van der Waals surface area (Å²) in [6.07, 6.45) is 4.37. The molecule has 0 saturated carbocycles. The Morgan fingerprint density at radius 1 is 1.19 bits per heavy atom. The highest BCUT2D eigenvalue weighted by Gasteiger charge is 2.34. The third kappa shape index (κ3) is 3.16. The van der Waals surface area contributed by atoms with Crippen molar-refractivity contribution in [1.29, 1.82) is 0 Å². The summed E-state index contributed by atoms with van der Waals surface area (Å²) in [5.41, 5.74) is 1.31. The van der Waals surface area contributed by atoms with Crippen LogP contribution in [0.2, 0.25) is 0 Å². The second kappa shape index (κ2) is 6.24. The van der Waals surface area contributed by atoms with Gasteiger partial charge in [0.25, 0.3) is 0 Å². The predicted molar refractivity (Wildman–Crippen MR) is 81.7 cm³/mol. The first-order valence-corrected chi connectivity index (χ1v) is 8.00. The Kier molecular flexibility index (Phi) is 4.36. The zero-order valence-corrected chi connectivity index (χ0v) is 13.0. The highest BCUT2D eigenvalue weighted by Crippen LogP contribution is 2.33. The van der Waals surface area contributed by atoms with Gasteiger partial charge in [0, 0.05) is 19.2 Å². The van der Waals surface area contributed by atoms with E-state index in [1.165, 1.54) is 5.56 Å². The molecule has 0 bridgehead atoms. The summed E-state index contributed by atoms with van der Waals surface area (Å²) in [5.74, 6) is 1.71. The minimum Gasteiger partial charge on any atom is -0.454 e. The summed E-state index contributed by atoms with van der Waals surface area (Å²) in [6, 6.07) is 6.70. The van der Waals surface area contributed by atoms with Gasteiger partial charge in [-0.05, 0) is 43.4 Å². The molecule has 0 spiro atoms. The molecule has 116 valence electrons. The Hall–Kier alpha value is -1.26. The van der Waals surface area contributed by atoms with Gasteiger partial charge in [0.2, 0.25) is 6.79 Å². The van der Waals surface area contributed by atoms with Gasteiger partial charge in [0.1, 0.15) is 0 Å². The second-order valence-corrected chi connectivity index (χ2v) is 6.00. The molecule has 0 amide bonds. The number of fused-ring (bicyclic) bond motifs is 1. The number of ether oxygens (including phenoxy) is 3. The Bertz CT molecular complexity index is 485. The van der Waals surface area contributed by atoms with Gasteiger partial charge in [0.05, 0.1) is 5.60 Å². The summed E-state index contributed by atoms with van der Waals surface area (Å²) in [6.45, 7) is 6.51. The number of rotatable bonds is 5. The molecule has 2 heterocycles. The molecule has 4 heteroatoms. The molecule has 0 radical (unpaired) electrons. The summed E-state index contributed by atoms with van der Waals surface area (Å²) in [4.78, 5) is 0. The topological polar surface area (TPSA) is 39.7 Å². The molecule has 2 aliphatic heterocycles. The van der Waals surface area contributed by atoms with Gasteiger partial charge in [0.15, 0.2) is 11.5 Å². The van der Waals surface area contributed by atoms with E-state index in [0.29, 0.717) is 12.8 Å². The van der Waals surface area contributed by atoms with Crippen LogP contribution in [0, 0.1) is 0 Å². The fraction of sp³-hybridized carbons (Fsp3) is 0.647. The van der Waals surface area contributed by atoms with Crippen LogP contribution < -0.4 is 14.8 Å². The van der Waals surface area contributed by atoms with Gasteiger partial charge in [-0.15, -0.1) is 0 Å². The predicted octanol–water partition coefficient (Wildman–Crippen LogP) is 3.24. The molecule has 1 aromatic rings. The van der Waals surface area contributed by atoms with Crippen LogP contribution in [-0.2, 0) is 11.3 Å². The van der Waals surface area contributed by atoms with Crippen molar-refractivity contribution < 1.29 is 14.2 Å². The number of hydrogen-bond acceptors (Lipinski definition) is 4. The lowest BCUT2D eigenvalue weighted by molar-refractivity contribution is -0.0932. The maximum Gasteiger partial charge on any atom is 0.231 e. The number of benzene rings is 1. The van der Waals surface area contributed by atoms with Crippen molar-refractivity contribution in [2.24, 2.45) is 0 Å². The maximum absolute atomic E-state index is 6.03. The largest absolute Gasteiger partial charge is 0.454 e. The highest BCUT2D eigenvalue weighted by atomic mass is 16.7. The molecule has 1 N–H and O–H groups in total. The quantitative estimate of drug-likeness (QED) is 0.904. The molecule has 2 aliphatic rings. The molecule has 1 atom stereocenters. The van der Waals surface area contributed by atoms with Gasteiger partial charge < -0.3 is 19.5 Å². The summed E-state index contributed by atoms with van der Waals surface area (Å²) < 4.78 is 16.8. The fourth-order valence-electron chi connectivity index (χ4n) is 3.26. The van der Waals surface area contributed by atoms with E-state index in [-0.39, 0.29) is 5.60 Å². The Morgan fingerprint density at radius 3 is 2.81 bits per heavy atom. The molecule has 1 saturated heterocycles. The minimum absolute atomic E-state index is 0.0742. The molecular formula is C17H25NO3. The van der Waals surface area contributed by atoms with Crippen molar-refractivity contribution in [2.75, 3.05) is 13.4 Å². The van der Waals surface area contributed by atoms with Gasteiger partial charge in [-0.3, -0.25) is 0 Å². The fourth-order valence-corrected chi connectivity index (χ4v) is 3.26. The minimum atomic E-state index is 0.0742. The van der Waals surface area contributed by atoms with Crippen LogP contribution in [0.15, 0.2) is 18.2 Å². The normalized spacial score (nSPS) is 23.2. The Morgan fingerprint density at radius 2 is 2.00 bits per heavy atom. The lowest BCUT2D eigenvalue weighted by Gasteiger charge is -2.40. The molecule has 1 fully saturated rings. The van der Waals surface area contributed by atoms with Gasteiger partial charge in [-0.2, -0.15) is 0 Å². The van der Waals surface area contributed by atoms with Crippen molar-refractivity contribution in [2.45, 2.75) is 57.7 Å². The Balaban J connectivity index is 1.57. The van der Waals surface area contributed by atoms with E-state index in [0.717, 1.165) is 50.3 Å². The van der Waals surface area contributed by atoms with Gasteiger partial charge in [-0.1, -0.05) is 19.9 Å². The van der Waals surface area contributed by atoms with Crippen LogP contribution in [0.1, 0.15) is 45.1 Å². The highest BCUT2D eigenvalue weighted by molar-refractivity contribution is 5.44. The van der Waals surface area contributed by atoms with Crippen LogP contribution in [0.3, 0.4) is 0 Å². The van der Waals surface area contributed by atoms with Crippen LogP contribution in [-0.4, -0.2) is 25.0 Å². The van der Waals surface area contributed by atoms with E-state index < -0.39 is 0 Å². The zero-order chi connectivity index (χ0) is 14.7. The average Bonchev–Trinajstić information content (AvgIpc) is 3.00. The zero-order valence-electron chi connectivity index (χ0n) is 13.0. The standard InChI is InChI=1S/C17H25NO3/c1-3-17(4-2)10-14(7-8-21-17)18-11-13-5-6-15-16(9-13)20-12-19-15/h5-6,9,14,18H,3-4,7-8,10-12H2,1-2H3. The monoisotopic (exact) mass is 291 g/mol. The van der Waals surface area contributed by atoms with E-state index in [9.17, 15) is 0 Å². The van der Waals surface area contributed by atoms with Crippen molar-refractivity contribution in [3.63, 3.8) is 0 Å². The van der Waals surface area contributed by atoms with E-state index >= 15 is 0 Å². The lowest BCUT2D eigenvalue weighted by Crippen LogP contribution is -2.46. The summed E-state index contributed by atoms with van der Waals surface area (Å²) >= 11 is 0. The SMILES string of the molecule is CCC1(CC)CC(NCc2ccc3c(c2)OCO3)CCO1. The first-order chi connectivity index (χ1) is 10.2. The number of nitrogens with one attached hydrogen (secondary N) is 1. The van der Waals surface area contributed by atoms with Crippen molar-refractivity contribution in [3.05, 3.63) is 23.8 Å². The van der Waals surface area contributed by atoms with Crippen LogP contribution in [0.4, 0.5) is 0 Å². The van der Waals surface area contributed by atoms with Crippen molar-refractivity contribution in [3.8, 4) is 11.5 Å². The molecule has 1 unspecified atom stereocenters. The molecule has 0 aromatic heterocycles. The third-order valence-corrected chi connectivity index (χ3v) is 4.81. The molecule has 21 heavy (non-hydrogen) atoms. The average molecular weight is 291 g/mol. The second-order valence-electron chi connectivity index (χ2n) is 6.00. The summed E-state index contributed by atoms with van der Waals surface area (Å²) in [5, 5.41) is 3.68. The van der Waals surface area contributed by atoms with E-state index in [4.69, 9.17) is 14.2 Å². The smallest absolute Gasteiger partial charge is 0.231 e. The molecule has 3 rings (SSSR count). The molecule has 1 aromatic carbocycles. The number of hydrogen-bond donors (Lipinski definition) is 1. The van der Waals surface area contributed by atoms with Crippen LogP contribution >= 0.6 is 0 Å². The lowest BCUT2D eigenvalue weighted by atomic mass is 9.86. The van der Waals surface area contributed by atoms with Gasteiger partial charge >= 0.3 is 0 Å². The molecule has 4 nitrogen and oxygen atoms in total. The first kappa shape index (κ1) is 14.7. The van der Waals surface area contributed by atoms with Crippen molar-refractivity contribution in [1.82, 2.24) is 5.32 Å². The summed E-state index contributed by atoms with van der Waals surface area (Å²) in [7, 11) is 0. The van der Waals surface area contributed by atoms with E-state index in [1.54, 1.807) is 0 Å². The van der Waals surface area contributed by atoms with Crippen molar-refractivity contribution >= 4 is 0 Å².